The summed E-state index contributed by atoms with van der Waals surface area (Å²) in [6.07, 6.45) is 2.37. The number of hydrogen-bond acceptors (Lipinski definition) is 2. The SMILES string of the molecule is CN=C(NCC(=O)NC(C)(C)C)NCC1(c2ccccc2C)CC1.I. The van der Waals surface area contributed by atoms with E-state index in [0.29, 0.717) is 5.96 Å². The molecule has 1 fully saturated rings. The summed E-state index contributed by atoms with van der Waals surface area (Å²) in [5.41, 5.74) is 2.73. The lowest BCUT2D eigenvalue weighted by molar-refractivity contribution is -0.121. The number of aryl methyl sites for hydroxylation is 1. The zero-order chi connectivity index (χ0) is 17.8. The van der Waals surface area contributed by atoms with Crippen molar-refractivity contribution in [2.75, 3.05) is 20.1 Å². The third kappa shape index (κ3) is 6.49. The minimum absolute atomic E-state index is 0. The molecule has 1 aliphatic rings. The van der Waals surface area contributed by atoms with E-state index in [1.54, 1.807) is 7.05 Å². The van der Waals surface area contributed by atoms with Crippen LogP contribution >= 0.6 is 24.0 Å². The molecule has 25 heavy (non-hydrogen) atoms. The first kappa shape index (κ1) is 21.7. The predicted molar refractivity (Wildman–Crippen MR) is 115 cm³/mol. The maximum absolute atomic E-state index is 11.9. The molecule has 1 amide bonds. The molecule has 0 radical (unpaired) electrons. The fraction of sp³-hybridized carbons (Fsp3) is 0.579. The van der Waals surface area contributed by atoms with E-state index in [9.17, 15) is 4.79 Å². The minimum atomic E-state index is -0.224. The second-order valence-corrected chi connectivity index (χ2v) is 7.67. The number of nitrogens with one attached hydrogen (secondary N) is 3. The normalized spacial score (nSPS) is 15.8. The molecule has 2 rings (SSSR count). The lowest BCUT2D eigenvalue weighted by atomic mass is 9.92. The van der Waals surface area contributed by atoms with E-state index in [4.69, 9.17) is 0 Å². The highest BCUT2D eigenvalue weighted by Gasteiger charge is 2.44. The Morgan fingerprint density at radius 2 is 1.84 bits per heavy atom. The van der Waals surface area contributed by atoms with Crippen molar-refractivity contribution in [2.45, 2.75) is 51.5 Å². The Morgan fingerprint density at radius 3 is 2.36 bits per heavy atom. The smallest absolute Gasteiger partial charge is 0.239 e. The van der Waals surface area contributed by atoms with E-state index >= 15 is 0 Å². The first-order chi connectivity index (χ1) is 11.3. The number of carbonyl (C=O) groups excluding carboxylic acids is 1. The van der Waals surface area contributed by atoms with E-state index in [2.05, 4.69) is 52.1 Å². The van der Waals surface area contributed by atoms with Crippen LogP contribution in [-0.2, 0) is 10.2 Å². The Morgan fingerprint density at radius 1 is 1.20 bits per heavy atom. The number of nitrogens with zero attached hydrogens (tertiary/aromatic N) is 1. The Kier molecular flexibility index (Phi) is 7.71. The van der Waals surface area contributed by atoms with Crippen molar-refractivity contribution < 1.29 is 4.79 Å². The molecule has 6 heteroatoms. The van der Waals surface area contributed by atoms with E-state index in [0.717, 1.165) is 6.54 Å². The summed E-state index contributed by atoms with van der Waals surface area (Å²) >= 11 is 0. The molecule has 140 valence electrons. The predicted octanol–water partition coefficient (Wildman–Crippen LogP) is 2.72. The van der Waals surface area contributed by atoms with Crippen molar-refractivity contribution in [1.82, 2.24) is 16.0 Å². The van der Waals surface area contributed by atoms with Gasteiger partial charge in [-0.05, 0) is 51.7 Å². The quantitative estimate of drug-likeness (QED) is 0.361. The van der Waals surface area contributed by atoms with Gasteiger partial charge in [0.2, 0.25) is 5.91 Å². The van der Waals surface area contributed by atoms with Gasteiger partial charge in [0.15, 0.2) is 5.96 Å². The fourth-order valence-electron chi connectivity index (χ4n) is 2.96. The Balaban J connectivity index is 0.00000312. The highest BCUT2D eigenvalue weighted by Crippen LogP contribution is 2.48. The molecule has 0 bridgehead atoms. The standard InChI is InChI=1S/C19H30N4O.HI/c1-14-8-6-7-9-15(14)19(10-11-19)13-22-17(20-5)21-12-16(24)23-18(2,3)4;/h6-9H,10-13H2,1-5H3,(H,23,24)(H2,20,21,22);1H. The number of hydrogen-bond donors (Lipinski definition) is 3. The summed E-state index contributed by atoms with van der Waals surface area (Å²) < 4.78 is 0. The van der Waals surface area contributed by atoms with Crippen molar-refractivity contribution in [3.63, 3.8) is 0 Å². The number of aliphatic imine (C=N–C) groups is 1. The number of benzene rings is 1. The van der Waals surface area contributed by atoms with E-state index in [1.807, 2.05) is 20.8 Å². The molecule has 0 aromatic heterocycles. The first-order valence-corrected chi connectivity index (χ1v) is 8.57. The van der Waals surface area contributed by atoms with Gasteiger partial charge in [-0.15, -0.1) is 24.0 Å². The Hall–Kier alpha value is -1.31. The third-order valence-corrected chi connectivity index (χ3v) is 4.32. The molecule has 1 aromatic rings. The summed E-state index contributed by atoms with van der Waals surface area (Å²) in [7, 11) is 1.73. The number of guanidine groups is 1. The lowest BCUT2D eigenvalue weighted by Gasteiger charge is -2.22. The van der Waals surface area contributed by atoms with Gasteiger partial charge in [0.05, 0.1) is 6.54 Å². The average Bonchev–Trinajstić information content (AvgIpc) is 3.27. The van der Waals surface area contributed by atoms with Gasteiger partial charge in [0, 0.05) is 24.5 Å². The minimum Gasteiger partial charge on any atom is -0.356 e. The van der Waals surface area contributed by atoms with Gasteiger partial charge in [0.1, 0.15) is 0 Å². The first-order valence-electron chi connectivity index (χ1n) is 8.57. The highest BCUT2D eigenvalue weighted by atomic mass is 127. The molecule has 1 aromatic carbocycles. The van der Waals surface area contributed by atoms with Crippen LogP contribution in [0.15, 0.2) is 29.3 Å². The summed E-state index contributed by atoms with van der Waals surface area (Å²) in [5.74, 6) is 0.629. The molecule has 0 spiro atoms. The summed E-state index contributed by atoms with van der Waals surface area (Å²) in [5, 5.41) is 9.39. The zero-order valence-corrected chi connectivity index (χ0v) is 18.2. The molecule has 3 N–H and O–H groups in total. The maximum Gasteiger partial charge on any atom is 0.239 e. The topological polar surface area (TPSA) is 65.5 Å². The molecule has 1 saturated carbocycles. The number of rotatable bonds is 5. The molecule has 0 unspecified atom stereocenters. The second-order valence-electron chi connectivity index (χ2n) is 7.67. The van der Waals surface area contributed by atoms with Crippen LogP contribution in [0.5, 0.6) is 0 Å². The molecular formula is C19H31IN4O. The molecule has 0 atom stereocenters. The molecular weight excluding hydrogens is 427 g/mol. The van der Waals surface area contributed by atoms with Crippen molar-refractivity contribution >= 4 is 35.8 Å². The van der Waals surface area contributed by atoms with Gasteiger partial charge in [-0.25, -0.2) is 0 Å². The number of halogens is 1. The molecule has 0 heterocycles. The van der Waals surface area contributed by atoms with Crippen LogP contribution in [0.2, 0.25) is 0 Å². The van der Waals surface area contributed by atoms with Crippen LogP contribution in [0.25, 0.3) is 0 Å². The summed E-state index contributed by atoms with van der Waals surface area (Å²) in [4.78, 5) is 16.1. The van der Waals surface area contributed by atoms with Crippen molar-refractivity contribution in [3.8, 4) is 0 Å². The van der Waals surface area contributed by atoms with Crippen molar-refractivity contribution in [2.24, 2.45) is 4.99 Å². The van der Waals surface area contributed by atoms with Gasteiger partial charge in [-0.1, -0.05) is 24.3 Å². The van der Waals surface area contributed by atoms with Gasteiger partial charge in [-0.3, -0.25) is 9.79 Å². The number of carbonyl (C=O) groups is 1. The van der Waals surface area contributed by atoms with E-state index in [1.165, 1.54) is 24.0 Å². The maximum atomic E-state index is 11.9. The molecule has 0 saturated heterocycles. The van der Waals surface area contributed by atoms with Crippen LogP contribution in [0.1, 0.15) is 44.7 Å². The van der Waals surface area contributed by atoms with Crippen LogP contribution in [0.4, 0.5) is 0 Å². The second kappa shape index (κ2) is 8.87. The largest absolute Gasteiger partial charge is 0.356 e. The van der Waals surface area contributed by atoms with Crippen molar-refractivity contribution in [1.29, 1.82) is 0 Å². The number of amides is 1. The zero-order valence-electron chi connectivity index (χ0n) is 15.9. The van der Waals surface area contributed by atoms with E-state index < -0.39 is 0 Å². The summed E-state index contributed by atoms with van der Waals surface area (Å²) in [6.45, 7) is 9.12. The van der Waals surface area contributed by atoms with E-state index in [-0.39, 0.29) is 47.4 Å². The van der Waals surface area contributed by atoms with Crippen LogP contribution in [0, 0.1) is 6.92 Å². The van der Waals surface area contributed by atoms with Crippen LogP contribution in [0.3, 0.4) is 0 Å². The Bertz CT molecular complexity index is 618. The molecule has 0 aliphatic heterocycles. The monoisotopic (exact) mass is 458 g/mol. The Labute approximate surface area is 168 Å². The average molecular weight is 458 g/mol. The highest BCUT2D eigenvalue weighted by molar-refractivity contribution is 14.0. The van der Waals surface area contributed by atoms with Gasteiger partial charge in [-0.2, -0.15) is 0 Å². The lowest BCUT2D eigenvalue weighted by Crippen LogP contribution is -2.49. The third-order valence-electron chi connectivity index (χ3n) is 4.32. The fourth-order valence-corrected chi connectivity index (χ4v) is 2.96. The molecule has 1 aliphatic carbocycles. The molecule has 5 nitrogen and oxygen atoms in total. The van der Waals surface area contributed by atoms with Crippen molar-refractivity contribution in [3.05, 3.63) is 35.4 Å². The van der Waals surface area contributed by atoms with Gasteiger partial charge < -0.3 is 16.0 Å². The van der Waals surface area contributed by atoms with Crippen LogP contribution < -0.4 is 16.0 Å². The van der Waals surface area contributed by atoms with Crippen LogP contribution in [-0.4, -0.2) is 37.5 Å². The summed E-state index contributed by atoms with van der Waals surface area (Å²) in [6, 6.07) is 8.57. The van der Waals surface area contributed by atoms with Gasteiger partial charge in [0.25, 0.3) is 0 Å². The van der Waals surface area contributed by atoms with Gasteiger partial charge >= 0.3 is 0 Å².